The van der Waals surface area contributed by atoms with E-state index in [9.17, 15) is 14.7 Å². The zero-order valence-corrected chi connectivity index (χ0v) is 25.2. The van der Waals surface area contributed by atoms with Crippen LogP contribution in [0.25, 0.3) is 11.1 Å². The number of rotatable bonds is 8. The molecule has 9 heteroatoms. The molecule has 0 spiro atoms. The van der Waals surface area contributed by atoms with Gasteiger partial charge in [0, 0.05) is 35.5 Å². The molecule has 1 aliphatic rings. The van der Waals surface area contributed by atoms with E-state index in [-0.39, 0.29) is 49.0 Å². The monoisotopic (exact) mass is 663 g/mol. The number of hydrogen-bond donors (Lipinski definition) is 3. The van der Waals surface area contributed by atoms with Crippen LogP contribution in [0.15, 0.2) is 66.7 Å². The van der Waals surface area contributed by atoms with Crippen LogP contribution in [0.2, 0.25) is 5.02 Å². The number of carbonyl (C=O) groups excluding carboxylic acids is 2. The van der Waals surface area contributed by atoms with Crippen molar-refractivity contribution < 1.29 is 47.9 Å². The van der Waals surface area contributed by atoms with Crippen molar-refractivity contribution in [1.82, 2.24) is 0 Å². The summed E-state index contributed by atoms with van der Waals surface area (Å²) >= 11 is 6.13. The molecule has 0 unspecified atom stereocenters. The lowest BCUT2D eigenvalue weighted by Gasteiger charge is -2.36. The van der Waals surface area contributed by atoms with E-state index in [1.165, 1.54) is 0 Å². The van der Waals surface area contributed by atoms with E-state index in [0.717, 1.165) is 47.1 Å². The number of nitrogens with zero attached hydrogens (tertiary/aromatic N) is 1. The lowest BCUT2D eigenvalue weighted by Crippen LogP contribution is -3.00. The van der Waals surface area contributed by atoms with Crippen molar-refractivity contribution >= 4 is 35.0 Å². The zero-order valence-electron chi connectivity index (χ0n) is 22.3. The van der Waals surface area contributed by atoms with Crippen molar-refractivity contribution in [3.05, 3.63) is 82.9 Å². The van der Waals surface area contributed by atoms with Crippen LogP contribution in [-0.2, 0) is 22.6 Å². The Bertz CT molecular complexity index is 1280. The number of quaternary nitrogens is 1. The Morgan fingerprint density at radius 1 is 1.00 bits per heavy atom. The van der Waals surface area contributed by atoms with Crippen molar-refractivity contribution in [3.8, 4) is 11.1 Å². The summed E-state index contributed by atoms with van der Waals surface area (Å²) in [6.07, 6.45) is 1.88. The van der Waals surface area contributed by atoms with Gasteiger partial charge in [0.25, 0.3) is 0 Å². The molecule has 3 N–H and O–H groups in total. The molecule has 1 fully saturated rings. The number of piperidine rings is 1. The van der Waals surface area contributed by atoms with Crippen LogP contribution in [0.4, 0.5) is 16.2 Å². The summed E-state index contributed by atoms with van der Waals surface area (Å²) in [4.78, 5) is 25.4. The third kappa shape index (κ3) is 8.93. The number of amides is 2. The van der Waals surface area contributed by atoms with Crippen molar-refractivity contribution in [1.29, 1.82) is 0 Å². The molecule has 1 saturated heterocycles. The maximum Gasteiger partial charge on any atom is 0.411 e. The fraction of sp³-hybridized carbons (Fsp3) is 0.333. The average Bonchev–Trinajstić information content (AvgIpc) is 2.89. The lowest BCUT2D eigenvalue weighted by atomic mass is 9.99. The SMILES string of the molecule is C[N+]1(C)CCC(OC(=O)Nc2cc(CCC(=O)Nc3ccc(CO)c(Cl)c3)ccc2-c2ccccc2)CC1.[I-]. The van der Waals surface area contributed by atoms with Gasteiger partial charge in [-0.1, -0.05) is 60.1 Å². The molecule has 0 aromatic heterocycles. The minimum Gasteiger partial charge on any atom is -1.00 e. The molecule has 0 saturated carbocycles. The first-order chi connectivity index (χ1) is 18.2. The number of halogens is 2. The number of hydrogen-bond acceptors (Lipinski definition) is 4. The standard InChI is InChI=1S/C30H34ClN3O4.HI/c1-34(2)16-14-25(15-17-34)38-30(37)33-28-18-21(8-12-26(28)22-6-4-3-5-7-22)9-13-29(36)32-24-11-10-23(20-35)27(31)19-24;/h3-8,10-12,18-19,25,35H,9,13-17,20H2,1-2H3,(H-,32,33,36,37);1H. The molecule has 1 aliphatic heterocycles. The maximum absolute atomic E-state index is 12.9. The number of ether oxygens (including phenoxy) is 1. The Morgan fingerprint density at radius 3 is 2.38 bits per heavy atom. The van der Waals surface area contributed by atoms with E-state index in [1.54, 1.807) is 18.2 Å². The molecule has 208 valence electrons. The highest BCUT2D eigenvalue weighted by atomic mass is 127. The number of anilines is 2. The highest BCUT2D eigenvalue weighted by Crippen LogP contribution is 2.30. The summed E-state index contributed by atoms with van der Waals surface area (Å²) in [6.45, 7) is 1.79. The van der Waals surface area contributed by atoms with Gasteiger partial charge in [-0.3, -0.25) is 10.1 Å². The smallest absolute Gasteiger partial charge is 0.411 e. The number of nitrogens with one attached hydrogen (secondary N) is 2. The molecule has 4 rings (SSSR count). The molecule has 0 bridgehead atoms. The largest absolute Gasteiger partial charge is 1.00 e. The average molecular weight is 664 g/mol. The summed E-state index contributed by atoms with van der Waals surface area (Å²) in [5.41, 5.74) is 4.61. The Balaban J connectivity index is 0.00000420. The second kappa shape index (κ2) is 14.1. The molecular formula is C30H35ClIN3O4. The van der Waals surface area contributed by atoms with Gasteiger partial charge in [0.1, 0.15) is 6.10 Å². The van der Waals surface area contributed by atoms with Gasteiger partial charge < -0.3 is 43.6 Å². The number of likely N-dealkylation sites (tertiary alicyclic amines) is 1. The van der Waals surface area contributed by atoms with Crippen LogP contribution >= 0.6 is 11.6 Å². The predicted molar refractivity (Wildman–Crippen MR) is 151 cm³/mol. The first-order valence-electron chi connectivity index (χ1n) is 12.9. The molecule has 39 heavy (non-hydrogen) atoms. The van der Waals surface area contributed by atoms with E-state index >= 15 is 0 Å². The Kier molecular flexibility index (Phi) is 11.2. The Hall–Kier alpha value is -2.66. The maximum atomic E-state index is 12.9. The van der Waals surface area contributed by atoms with Crippen molar-refractivity contribution in [2.24, 2.45) is 0 Å². The van der Waals surface area contributed by atoms with Gasteiger partial charge in [-0.05, 0) is 41.3 Å². The van der Waals surface area contributed by atoms with Crippen LogP contribution in [-0.4, -0.2) is 54.9 Å². The number of carbonyl (C=O) groups is 2. The third-order valence-corrected chi connectivity index (χ3v) is 7.29. The second-order valence-corrected chi connectivity index (χ2v) is 10.8. The van der Waals surface area contributed by atoms with E-state index in [0.29, 0.717) is 28.4 Å². The number of aliphatic hydroxyl groups excluding tert-OH is 1. The molecule has 0 aliphatic carbocycles. The first-order valence-corrected chi connectivity index (χ1v) is 13.3. The summed E-state index contributed by atoms with van der Waals surface area (Å²) in [5, 5.41) is 15.5. The number of aryl methyl sites for hydroxylation is 1. The van der Waals surface area contributed by atoms with Crippen LogP contribution in [0.3, 0.4) is 0 Å². The van der Waals surface area contributed by atoms with Crippen LogP contribution in [0, 0.1) is 0 Å². The Labute approximate surface area is 252 Å². The summed E-state index contributed by atoms with van der Waals surface area (Å²) in [6, 6.07) is 20.7. The molecule has 1 heterocycles. The summed E-state index contributed by atoms with van der Waals surface area (Å²) in [5.74, 6) is -0.155. The van der Waals surface area contributed by atoms with E-state index in [4.69, 9.17) is 16.3 Å². The van der Waals surface area contributed by atoms with Gasteiger partial charge in [-0.15, -0.1) is 0 Å². The van der Waals surface area contributed by atoms with E-state index in [2.05, 4.69) is 24.7 Å². The molecule has 7 nitrogen and oxygen atoms in total. The van der Waals surface area contributed by atoms with Crippen LogP contribution in [0.1, 0.15) is 30.4 Å². The van der Waals surface area contributed by atoms with E-state index in [1.807, 2.05) is 48.5 Å². The van der Waals surface area contributed by atoms with Gasteiger partial charge in [0.05, 0.1) is 39.5 Å². The van der Waals surface area contributed by atoms with Gasteiger partial charge >= 0.3 is 6.09 Å². The van der Waals surface area contributed by atoms with Crippen molar-refractivity contribution in [2.45, 2.75) is 38.4 Å². The van der Waals surface area contributed by atoms with Gasteiger partial charge in [0.15, 0.2) is 0 Å². The third-order valence-electron chi connectivity index (χ3n) is 6.94. The van der Waals surface area contributed by atoms with Crippen LogP contribution in [0.5, 0.6) is 0 Å². The number of benzene rings is 3. The predicted octanol–water partition coefficient (Wildman–Crippen LogP) is 2.86. The normalized spacial score (nSPS) is 14.7. The van der Waals surface area contributed by atoms with E-state index < -0.39 is 6.09 Å². The topological polar surface area (TPSA) is 87.7 Å². The van der Waals surface area contributed by atoms with Crippen LogP contribution < -0.4 is 34.6 Å². The lowest BCUT2D eigenvalue weighted by molar-refractivity contribution is -0.896. The highest BCUT2D eigenvalue weighted by molar-refractivity contribution is 6.31. The number of aliphatic hydroxyl groups is 1. The molecule has 3 aromatic rings. The van der Waals surface area contributed by atoms with Crippen molar-refractivity contribution in [3.63, 3.8) is 0 Å². The Morgan fingerprint density at radius 2 is 1.72 bits per heavy atom. The molecule has 0 atom stereocenters. The molecule has 0 radical (unpaired) electrons. The fourth-order valence-corrected chi connectivity index (χ4v) is 4.85. The molecule has 2 amide bonds. The fourth-order valence-electron chi connectivity index (χ4n) is 4.61. The quantitative estimate of drug-likeness (QED) is 0.256. The highest BCUT2D eigenvalue weighted by Gasteiger charge is 2.28. The minimum atomic E-state index is -0.461. The van der Waals surface area contributed by atoms with Gasteiger partial charge in [-0.25, -0.2) is 4.79 Å². The minimum absolute atomic E-state index is 0. The second-order valence-electron chi connectivity index (χ2n) is 10.4. The molecular weight excluding hydrogens is 629 g/mol. The summed E-state index contributed by atoms with van der Waals surface area (Å²) in [7, 11) is 4.38. The summed E-state index contributed by atoms with van der Waals surface area (Å²) < 4.78 is 6.70. The van der Waals surface area contributed by atoms with Gasteiger partial charge in [0.2, 0.25) is 5.91 Å². The van der Waals surface area contributed by atoms with Crippen molar-refractivity contribution in [2.75, 3.05) is 37.8 Å². The van der Waals surface area contributed by atoms with Gasteiger partial charge in [-0.2, -0.15) is 0 Å². The first kappa shape index (κ1) is 30.9. The zero-order chi connectivity index (χ0) is 27.1. The molecule has 3 aromatic carbocycles.